The summed E-state index contributed by atoms with van der Waals surface area (Å²) >= 11 is 6.95. The molecule has 0 saturated heterocycles. The minimum absolute atomic E-state index is 0.790. The maximum absolute atomic E-state index is 5.92. The summed E-state index contributed by atoms with van der Waals surface area (Å²) in [6, 6.07) is 14.0. The third-order valence-corrected chi connectivity index (χ3v) is 4.71. The van der Waals surface area contributed by atoms with E-state index in [1.165, 1.54) is 11.1 Å². The zero-order valence-corrected chi connectivity index (χ0v) is 16.3. The van der Waals surface area contributed by atoms with Crippen molar-refractivity contribution in [1.29, 1.82) is 0 Å². The summed E-state index contributed by atoms with van der Waals surface area (Å²) in [5, 5.41) is 0. The predicted molar refractivity (Wildman–Crippen MR) is 104 cm³/mol. The van der Waals surface area contributed by atoms with Gasteiger partial charge in [-0.05, 0) is 64.3 Å². The van der Waals surface area contributed by atoms with Crippen molar-refractivity contribution < 1.29 is 4.74 Å². The van der Waals surface area contributed by atoms with Crippen LogP contribution in [0.5, 0.6) is 11.5 Å². The molecule has 0 bridgehead atoms. The number of aromatic nitrogens is 2. The molecule has 0 amide bonds. The Bertz CT molecular complexity index is 840. The Balaban J connectivity index is 1.69. The van der Waals surface area contributed by atoms with Crippen molar-refractivity contribution in [2.24, 2.45) is 0 Å². The lowest BCUT2D eigenvalue weighted by Gasteiger charge is -2.09. The smallest absolute Gasteiger partial charge is 0.141 e. The van der Waals surface area contributed by atoms with Crippen molar-refractivity contribution >= 4 is 37.4 Å². The summed E-state index contributed by atoms with van der Waals surface area (Å²) in [7, 11) is 0. The molecule has 122 valence electrons. The van der Waals surface area contributed by atoms with Crippen LogP contribution in [0.1, 0.15) is 12.5 Å². The first kappa shape index (κ1) is 17.0. The van der Waals surface area contributed by atoms with E-state index in [-0.39, 0.29) is 0 Å². The fraction of sp³-hybridized carbons (Fsp3) is 0.105. The minimum Gasteiger partial charge on any atom is -0.456 e. The van der Waals surface area contributed by atoms with Crippen LogP contribution in [-0.2, 0) is 6.54 Å². The third-order valence-electron chi connectivity index (χ3n) is 3.60. The molecule has 1 heterocycles. The number of ether oxygens (including phenoxy) is 1. The first-order valence-corrected chi connectivity index (χ1v) is 9.06. The molecule has 24 heavy (non-hydrogen) atoms. The first-order valence-electron chi connectivity index (χ1n) is 7.47. The van der Waals surface area contributed by atoms with Gasteiger partial charge < -0.3 is 9.30 Å². The van der Waals surface area contributed by atoms with E-state index in [1.807, 2.05) is 47.4 Å². The van der Waals surface area contributed by atoms with Gasteiger partial charge in [-0.1, -0.05) is 34.1 Å². The lowest BCUT2D eigenvalue weighted by Crippen LogP contribution is -1.91. The average molecular weight is 448 g/mol. The van der Waals surface area contributed by atoms with Gasteiger partial charge in [0.2, 0.25) is 0 Å². The Morgan fingerprint density at radius 1 is 1.17 bits per heavy atom. The molecule has 0 fully saturated rings. The maximum atomic E-state index is 5.92. The number of hydrogen-bond acceptors (Lipinski definition) is 2. The number of benzene rings is 2. The summed E-state index contributed by atoms with van der Waals surface area (Å²) in [6.45, 7) is 2.92. The van der Waals surface area contributed by atoms with Crippen LogP contribution in [-0.4, -0.2) is 9.55 Å². The van der Waals surface area contributed by atoms with Gasteiger partial charge in [0.1, 0.15) is 11.5 Å². The monoisotopic (exact) mass is 446 g/mol. The van der Waals surface area contributed by atoms with Crippen LogP contribution >= 0.6 is 31.9 Å². The van der Waals surface area contributed by atoms with Gasteiger partial charge in [0, 0.05) is 23.4 Å². The molecule has 0 unspecified atom stereocenters. The molecule has 1 aromatic heterocycles. The fourth-order valence-electron chi connectivity index (χ4n) is 2.23. The number of allylic oxidation sites excluding steroid dienone is 2. The van der Waals surface area contributed by atoms with Gasteiger partial charge in [0.05, 0.1) is 10.8 Å². The van der Waals surface area contributed by atoms with Crippen molar-refractivity contribution in [2.45, 2.75) is 13.5 Å². The number of halogens is 2. The molecule has 0 atom stereocenters. The fourth-order valence-corrected chi connectivity index (χ4v) is 3.35. The van der Waals surface area contributed by atoms with E-state index in [9.17, 15) is 0 Å². The zero-order valence-electron chi connectivity index (χ0n) is 13.1. The molecule has 2 aromatic carbocycles. The van der Waals surface area contributed by atoms with Crippen molar-refractivity contribution in [3.63, 3.8) is 0 Å². The second-order valence-corrected chi connectivity index (χ2v) is 7.12. The van der Waals surface area contributed by atoms with E-state index in [0.717, 1.165) is 27.0 Å². The summed E-state index contributed by atoms with van der Waals surface area (Å²) in [4.78, 5) is 4.05. The van der Waals surface area contributed by atoms with Crippen molar-refractivity contribution in [3.05, 3.63) is 81.8 Å². The summed E-state index contributed by atoms with van der Waals surface area (Å²) < 4.78 is 9.88. The van der Waals surface area contributed by atoms with Gasteiger partial charge in [0.15, 0.2) is 0 Å². The quantitative estimate of drug-likeness (QED) is 0.458. The topological polar surface area (TPSA) is 27.1 Å². The van der Waals surface area contributed by atoms with Gasteiger partial charge in [-0.2, -0.15) is 0 Å². The van der Waals surface area contributed by atoms with Gasteiger partial charge in [-0.15, -0.1) is 0 Å². The maximum Gasteiger partial charge on any atom is 0.141 e. The second-order valence-electron chi connectivity index (χ2n) is 5.35. The lowest BCUT2D eigenvalue weighted by molar-refractivity contribution is 0.479. The van der Waals surface area contributed by atoms with E-state index in [1.54, 1.807) is 6.20 Å². The molecular formula is C19H16Br2N2O. The number of nitrogens with zero attached hydrogens (tertiary/aromatic N) is 2. The number of imidazole rings is 1. The normalized spacial score (nSPS) is 11.5. The molecule has 3 nitrogen and oxygen atoms in total. The van der Waals surface area contributed by atoms with Crippen LogP contribution in [0.4, 0.5) is 0 Å². The van der Waals surface area contributed by atoms with E-state index in [2.05, 4.69) is 62.0 Å². The summed E-state index contributed by atoms with van der Waals surface area (Å²) in [5.41, 5.74) is 2.40. The highest BCUT2D eigenvalue weighted by molar-refractivity contribution is 9.11. The molecule has 5 heteroatoms. The van der Waals surface area contributed by atoms with Gasteiger partial charge in [-0.3, -0.25) is 0 Å². The minimum atomic E-state index is 0.790. The zero-order chi connectivity index (χ0) is 16.9. The second kappa shape index (κ2) is 7.81. The lowest BCUT2D eigenvalue weighted by atomic mass is 10.1. The van der Waals surface area contributed by atoms with Crippen LogP contribution < -0.4 is 4.74 Å². The van der Waals surface area contributed by atoms with Crippen LogP contribution in [0.25, 0.3) is 5.57 Å². The van der Waals surface area contributed by atoms with Crippen LogP contribution in [0, 0.1) is 0 Å². The van der Waals surface area contributed by atoms with E-state index in [4.69, 9.17) is 4.74 Å². The van der Waals surface area contributed by atoms with Crippen molar-refractivity contribution in [1.82, 2.24) is 9.55 Å². The highest BCUT2D eigenvalue weighted by Crippen LogP contribution is 2.32. The van der Waals surface area contributed by atoms with Crippen LogP contribution in [0.15, 0.2) is 76.2 Å². The SMILES string of the molecule is C/C(=C/Cn1ccnc1)c1ccc(Oc2ccc(Br)cc2Br)cc1. The van der Waals surface area contributed by atoms with Gasteiger partial charge >= 0.3 is 0 Å². The molecule has 0 spiro atoms. The molecule has 0 aliphatic rings. The van der Waals surface area contributed by atoms with E-state index < -0.39 is 0 Å². The Morgan fingerprint density at radius 3 is 2.62 bits per heavy atom. The highest BCUT2D eigenvalue weighted by atomic mass is 79.9. The standard InChI is InChI=1S/C19H16Br2N2O/c1-14(8-10-23-11-9-22-13-23)15-2-5-17(6-3-15)24-19-7-4-16(20)12-18(19)21/h2-9,11-13H,10H2,1H3/b14-8-. The third kappa shape index (κ3) is 4.36. The number of hydrogen-bond donors (Lipinski definition) is 0. The van der Waals surface area contributed by atoms with Crippen LogP contribution in [0.2, 0.25) is 0 Å². The molecule has 3 rings (SSSR count). The summed E-state index contributed by atoms with van der Waals surface area (Å²) in [5.74, 6) is 1.60. The van der Waals surface area contributed by atoms with Gasteiger partial charge in [-0.25, -0.2) is 4.98 Å². The molecular weight excluding hydrogens is 432 g/mol. The Labute approximate surface area is 158 Å². The van der Waals surface area contributed by atoms with Crippen molar-refractivity contribution in [2.75, 3.05) is 0 Å². The largest absolute Gasteiger partial charge is 0.456 e. The Kier molecular flexibility index (Phi) is 5.53. The van der Waals surface area contributed by atoms with Gasteiger partial charge in [0.25, 0.3) is 0 Å². The highest BCUT2D eigenvalue weighted by Gasteiger charge is 2.04. The van der Waals surface area contributed by atoms with E-state index >= 15 is 0 Å². The van der Waals surface area contributed by atoms with E-state index in [0.29, 0.717) is 0 Å². The molecule has 0 aliphatic heterocycles. The average Bonchev–Trinajstić information content (AvgIpc) is 3.09. The molecule has 0 aliphatic carbocycles. The molecule has 0 radical (unpaired) electrons. The first-order chi connectivity index (χ1) is 11.6. The molecule has 3 aromatic rings. The van der Waals surface area contributed by atoms with Crippen LogP contribution in [0.3, 0.4) is 0 Å². The number of rotatable bonds is 5. The molecule has 0 saturated carbocycles. The van der Waals surface area contributed by atoms with Crippen molar-refractivity contribution in [3.8, 4) is 11.5 Å². The Hall–Kier alpha value is -1.85. The summed E-state index contributed by atoms with van der Waals surface area (Å²) in [6.07, 6.45) is 7.74. The Morgan fingerprint density at radius 2 is 1.96 bits per heavy atom. The molecule has 0 N–H and O–H groups in total. The predicted octanol–water partition coefficient (Wildman–Crippen LogP) is 6.30.